The van der Waals surface area contributed by atoms with E-state index in [2.05, 4.69) is 45.4 Å². The molecule has 4 nitrogen and oxygen atoms in total. The predicted octanol–water partition coefficient (Wildman–Crippen LogP) is 5.20. The van der Waals surface area contributed by atoms with Crippen molar-refractivity contribution in [1.29, 1.82) is 0 Å². The molecule has 0 aromatic heterocycles. The van der Waals surface area contributed by atoms with E-state index in [1.807, 2.05) is 60.7 Å². The van der Waals surface area contributed by atoms with Gasteiger partial charge >= 0.3 is 0 Å². The molecule has 0 heterocycles. The van der Waals surface area contributed by atoms with Crippen LogP contribution in [0.5, 0.6) is 0 Å². The van der Waals surface area contributed by atoms with Gasteiger partial charge in [-0.15, -0.1) is 0 Å². The van der Waals surface area contributed by atoms with Crippen molar-refractivity contribution in [2.24, 2.45) is 5.73 Å². The van der Waals surface area contributed by atoms with Crippen LogP contribution in [-0.2, 0) is 29.5 Å². The molecule has 3 N–H and O–H groups in total. The fraction of sp³-hybridized carbons (Fsp3) is 0.308. The summed E-state index contributed by atoms with van der Waals surface area (Å²) in [5.41, 5.74) is 15.1. The molecule has 0 fully saturated rings. The van der Waals surface area contributed by atoms with Crippen LogP contribution in [0, 0.1) is 34.6 Å². The number of aryl methyl sites for hydroxylation is 2. The molecule has 0 aliphatic heterocycles. The second-order valence-electron chi connectivity index (χ2n) is 8.10. The molecule has 0 saturated carbocycles. The maximum atomic E-state index is 11.6. The molecule has 0 spiro atoms. The molecular weight excluding hydrogens is 505 g/mol. The Morgan fingerprint density at radius 1 is 0.719 bits per heavy atom. The Morgan fingerprint density at radius 3 is 1.53 bits per heavy atom. The standard InChI is InChI=1S/C15H18N2O2S.C11H16.Ru/c1-20(18,19)17-15(13-10-6-3-7-11-13)14(16)12-8-4-2-5-9-12;1-7-6-8(2)10(4)11(5)9(7)3;/h2-11,14-15,17H,16H2,1H3;6H,1-5H3;/t14-,15-;;/m1../s1. The minimum Gasteiger partial charge on any atom is -0.322 e. The number of hydrogen-bond acceptors (Lipinski definition) is 3. The van der Waals surface area contributed by atoms with E-state index in [9.17, 15) is 8.42 Å². The quantitative estimate of drug-likeness (QED) is 0.438. The zero-order valence-corrected chi connectivity index (χ0v) is 22.2. The van der Waals surface area contributed by atoms with Crippen LogP contribution in [0.25, 0.3) is 0 Å². The van der Waals surface area contributed by atoms with Crippen molar-refractivity contribution in [3.8, 4) is 0 Å². The molecule has 3 aromatic rings. The van der Waals surface area contributed by atoms with E-state index in [0.717, 1.165) is 17.4 Å². The average Bonchev–Trinajstić information content (AvgIpc) is 2.75. The summed E-state index contributed by atoms with van der Waals surface area (Å²) in [7, 11) is -3.35. The van der Waals surface area contributed by atoms with Gasteiger partial charge in [0.15, 0.2) is 0 Å². The smallest absolute Gasteiger partial charge is 0.209 e. The maximum Gasteiger partial charge on any atom is 0.209 e. The topological polar surface area (TPSA) is 72.2 Å². The Hall–Kier alpha value is -1.85. The molecule has 174 valence electrons. The first kappa shape index (κ1) is 28.2. The number of benzene rings is 3. The Labute approximate surface area is 206 Å². The molecule has 2 atom stereocenters. The van der Waals surface area contributed by atoms with Gasteiger partial charge in [0.25, 0.3) is 0 Å². The van der Waals surface area contributed by atoms with Crippen molar-refractivity contribution in [3.63, 3.8) is 0 Å². The third kappa shape index (κ3) is 7.93. The van der Waals surface area contributed by atoms with Crippen LogP contribution in [0.1, 0.15) is 51.0 Å². The Bertz CT molecular complexity index is 1080. The molecule has 0 bridgehead atoms. The third-order valence-electron chi connectivity index (χ3n) is 5.78. The van der Waals surface area contributed by atoms with Gasteiger partial charge in [-0.3, -0.25) is 0 Å². The van der Waals surface area contributed by atoms with Crippen molar-refractivity contribution in [2.75, 3.05) is 6.26 Å². The number of nitrogens with one attached hydrogen (secondary N) is 1. The van der Waals surface area contributed by atoms with Crippen molar-refractivity contribution < 1.29 is 27.9 Å². The molecule has 0 aliphatic rings. The first-order valence-electron chi connectivity index (χ1n) is 10.4. The largest absolute Gasteiger partial charge is 0.322 e. The van der Waals surface area contributed by atoms with Gasteiger partial charge in [0, 0.05) is 19.5 Å². The second kappa shape index (κ2) is 12.4. The fourth-order valence-electron chi connectivity index (χ4n) is 3.52. The van der Waals surface area contributed by atoms with Crippen LogP contribution in [-0.4, -0.2) is 14.7 Å². The fourth-order valence-corrected chi connectivity index (χ4v) is 4.27. The number of nitrogens with two attached hydrogens (primary N) is 1. The summed E-state index contributed by atoms with van der Waals surface area (Å²) >= 11 is 0. The van der Waals surface area contributed by atoms with Gasteiger partial charge < -0.3 is 5.73 Å². The zero-order chi connectivity index (χ0) is 23.2. The van der Waals surface area contributed by atoms with E-state index in [1.165, 1.54) is 27.8 Å². The second-order valence-corrected chi connectivity index (χ2v) is 9.88. The summed E-state index contributed by atoms with van der Waals surface area (Å²) in [6.45, 7) is 10.9. The Morgan fingerprint density at radius 2 is 1.12 bits per heavy atom. The normalized spacial score (nSPS) is 12.7. The van der Waals surface area contributed by atoms with Gasteiger partial charge in [-0.2, -0.15) is 0 Å². The third-order valence-corrected chi connectivity index (χ3v) is 6.47. The predicted molar refractivity (Wildman–Crippen MR) is 131 cm³/mol. The van der Waals surface area contributed by atoms with Crippen LogP contribution >= 0.6 is 0 Å². The Kier molecular flexibility index (Phi) is 10.9. The van der Waals surface area contributed by atoms with Gasteiger partial charge in [-0.05, 0) is 73.6 Å². The van der Waals surface area contributed by atoms with Gasteiger partial charge in [-0.1, -0.05) is 66.7 Å². The van der Waals surface area contributed by atoms with E-state index in [4.69, 9.17) is 5.73 Å². The number of hydrogen-bond donors (Lipinski definition) is 2. The van der Waals surface area contributed by atoms with Crippen LogP contribution in [0.4, 0.5) is 0 Å². The van der Waals surface area contributed by atoms with E-state index >= 15 is 0 Å². The molecule has 32 heavy (non-hydrogen) atoms. The summed E-state index contributed by atoms with van der Waals surface area (Å²) in [5.74, 6) is 0. The van der Waals surface area contributed by atoms with Gasteiger partial charge in [0.05, 0.1) is 18.3 Å². The van der Waals surface area contributed by atoms with E-state index in [1.54, 1.807) is 0 Å². The molecule has 6 heteroatoms. The summed E-state index contributed by atoms with van der Waals surface area (Å²) in [6, 6.07) is 20.1. The summed E-state index contributed by atoms with van der Waals surface area (Å²) < 4.78 is 25.8. The molecule has 0 unspecified atom stereocenters. The van der Waals surface area contributed by atoms with Crippen molar-refractivity contribution in [2.45, 2.75) is 46.7 Å². The van der Waals surface area contributed by atoms with Gasteiger partial charge in [0.1, 0.15) is 0 Å². The molecule has 3 rings (SSSR count). The molecule has 0 saturated heterocycles. The first-order valence-corrected chi connectivity index (χ1v) is 12.3. The number of sulfonamides is 1. The first-order chi connectivity index (χ1) is 14.5. The SMILES string of the molecule is CS(=O)(=O)N[C@H](c1ccccc1)[C@H](N)c1ccccc1.Cc1cc(C)c(C)c(C)c1C.[Ru]. The monoisotopic (exact) mass is 540 g/mol. The van der Waals surface area contributed by atoms with Crippen LogP contribution in [0.2, 0.25) is 0 Å². The minimum absolute atomic E-state index is 0. The maximum absolute atomic E-state index is 11.6. The van der Waals surface area contributed by atoms with E-state index in [-0.39, 0.29) is 19.5 Å². The zero-order valence-electron chi connectivity index (χ0n) is 19.7. The minimum atomic E-state index is -3.35. The Balaban J connectivity index is 0.000000364. The summed E-state index contributed by atoms with van der Waals surface area (Å²) in [5, 5.41) is 0. The van der Waals surface area contributed by atoms with E-state index < -0.39 is 22.1 Å². The molecule has 0 amide bonds. The van der Waals surface area contributed by atoms with Crippen molar-refractivity contribution in [1.82, 2.24) is 4.72 Å². The van der Waals surface area contributed by atoms with Crippen molar-refractivity contribution >= 4 is 10.0 Å². The average molecular weight is 540 g/mol. The van der Waals surface area contributed by atoms with Crippen LogP contribution in [0.3, 0.4) is 0 Å². The van der Waals surface area contributed by atoms with E-state index in [0.29, 0.717) is 0 Å². The molecule has 0 aliphatic carbocycles. The summed E-state index contributed by atoms with van der Waals surface area (Å²) in [6.07, 6.45) is 1.14. The van der Waals surface area contributed by atoms with Gasteiger partial charge in [-0.25, -0.2) is 13.1 Å². The number of rotatable bonds is 5. The molecule has 0 radical (unpaired) electrons. The van der Waals surface area contributed by atoms with Crippen molar-refractivity contribution in [3.05, 3.63) is 106 Å². The van der Waals surface area contributed by atoms with Gasteiger partial charge in [0.2, 0.25) is 10.0 Å². The summed E-state index contributed by atoms with van der Waals surface area (Å²) in [4.78, 5) is 0. The molecule has 3 aromatic carbocycles. The van der Waals surface area contributed by atoms with Crippen LogP contribution in [0.15, 0.2) is 66.7 Å². The van der Waals surface area contributed by atoms with Crippen LogP contribution < -0.4 is 10.5 Å². The molecular formula is C26H34N2O2RuS.